The third-order valence-corrected chi connectivity index (χ3v) is 2.32. The van der Waals surface area contributed by atoms with Crippen molar-refractivity contribution in [1.29, 1.82) is 0 Å². The lowest BCUT2D eigenvalue weighted by Crippen LogP contribution is -2.53. The summed E-state index contributed by atoms with van der Waals surface area (Å²) in [6.07, 6.45) is 0. The van der Waals surface area contributed by atoms with Crippen molar-refractivity contribution in [2.45, 2.75) is 12.7 Å². The van der Waals surface area contributed by atoms with Crippen LogP contribution >= 0.6 is 0 Å². The number of para-hydroxylation sites is 1. The monoisotopic (exact) mass is 229 g/mol. The predicted molar refractivity (Wildman–Crippen MR) is 56.9 cm³/mol. The maximum Gasteiger partial charge on any atom is 0.365 e. The van der Waals surface area contributed by atoms with Crippen LogP contribution in [0.5, 0.6) is 0 Å². The van der Waals surface area contributed by atoms with Crippen molar-refractivity contribution in [3.05, 3.63) is 30.3 Å². The van der Waals surface area contributed by atoms with Gasteiger partial charge in [-0.25, -0.2) is 13.6 Å². The molecule has 16 heavy (non-hydrogen) atoms. The maximum atomic E-state index is 13.9. The van der Waals surface area contributed by atoms with E-state index >= 15 is 0 Å². The Balaban J connectivity index is 3.11. The summed E-state index contributed by atoms with van der Waals surface area (Å²) in [5.41, 5.74) is 0.340. The van der Waals surface area contributed by atoms with Gasteiger partial charge < -0.3 is 10.0 Å². The second-order valence-corrected chi connectivity index (χ2v) is 3.28. The number of alkyl halides is 2. The van der Waals surface area contributed by atoms with Crippen LogP contribution in [0.1, 0.15) is 6.92 Å². The van der Waals surface area contributed by atoms with E-state index in [2.05, 4.69) is 0 Å². The Morgan fingerprint density at radius 3 is 2.38 bits per heavy atom. The number of nitrogens with zero attached hydrogens (tertiary/aromatic N) is 1. The number of carboxylic acids is 1. The predicted octanol–water partition coefficient (Wildman–Crippen LogP) is 2.23. The van der Waals surface area contributed by atoms with Crippen LogP contribution in [-0.4, -0.2) is 30.1 Å². The normalized spacial score (nSPS) is 14.2. The van der Waals surface area contributed by atoms with E-state index in [9.17, 15) is 13.6 Å². The van der Waals surface area contributed by atoms with E-state index in [0.29, 0.717) is 5.69 Å². The first kappa shape index (κ1) is 12.4. The highest BCUT2D eigenvalue weighted by atomic mass is 19.2. The van der Waals surface area contributed by atoms with Crippen LogP contribution < -0.4 is 4.90 Å². The highest BCUT2D eigenvalue weighted by Gasteiger charge is 2.45. The molecule has 0 aliphatic rings. The van der Waals surface area contributed by atoms with Gasteiger partial charge in [0.1, 0.15) is 0 Å². The summed E-state index contributed by atoms with van der Waals surface area (Å²) >= 11 is 0. The van der Waals surface area contributed by atoms with Crippen molar-refractivity contribution in [2.24, 2.45) is 0 Å². The van der Waals surface area contributed by atoms with Gasteiger partial charge in [-0.2, -0.15) is 0 Å². The van der Waals surface area contributed by atoms with E-state index in [4.69, 9.17) is 5.11 Å². The van der Waals surface area contributed by atoms with Gasteiger partial charge >= 0.3 is 11.8 Å². The summed E-state index contributed by atoms with van der Waals surface area (Å²) in [5.74, 6) is -4.82. The van der Waals surface area contributed by atoms with Gasteiger partial charge in [0.2, 0.25) is 0 Å². The third kappa shape index (κ3) is 2.13. The molecule has 0 radical (unpaired) electrons. The van der Waals surface area contributed by atoms with Gasteiger partial charge in [0.15, 0.2) is 6.67 Å². The average Bonchev–Trinajstić information content (AvgIpc) is 2.30. The molecule has 1 aromatic carbocycles. The topological polar surface area (TPSA) is 40.5 Å². The van der Waals surface area contributed by atoms with E-state index in [0.717, 1.165) is 4.90 Å². The van der Waals surface area contributed by atoms with E-state index < -0.39 is 18.4 Å². The molecule has 0 aliphatic heterocycles. The first-order chi connectivity index (χ1) is 7.56. The van der Waals surface area contributed by atoms with Crippen LogP contribution in [0, 0.1) is 0 Å². The summed E-state index contributed by atoms with van der Waals surface area (Å²) in [7, 11) is 0. The highest BCUT2D eigenvalue weighted by molar-refractivity contribution is 5.81. The molecule has 0 aromatic heterocycles. The van der Waals surface area contributed by atoms with Gasteiger partial charge in [-0.1, -0.05) is 18.2 Å². The molecule has 0 saturated carbocycles. The second-order valence-electron chi connectivity index (χ2n) is 3.28. The zero-order valence-electron chi connectivity index (χ0n) is 8.86. The molecule has 0 fully saturated rings. The summed E-state index contributed by atoms with van der Waals surface area (Å²) < 4.78 is 26.6. The quantitative estimate of drug-likeness (QED) is 0.787. The minimum atomic E-state index is -3.00. The Morgan fingerprint density at radius 2 is 2.00 bits per heavy atom. The van der Waals surface area contributed by atoms with E-state index in [1.807, 2.05) is 0 Å². The summed E-state index contributed by atoms with van der Waals surface area (Å²) in [6.45, 7) is 0.0434. The molecule has 3 nitrogen and oxygen atoms in total. The van der Waals surface area contributed by atoms with Crippen molar-refractivity contribution in [3.63, 3.8) is 0 Å². The van der Waals surface area contributed by atoms with E-state index in [-0.39, 0.29) is 6.54 Å². The van der Waals surface area contributed by atoms with E-state index in [1.165, 1.54) is 12.1 Å². The number of hydrogen-bond donors (Lipinski definition) is 1. The number of hydrogen-bond acceptors (Lipinski definition) is 2. The first-order valence-corrected chi connectivity index (χ1v) is 4.87. The highest BCUT2D eigenvalue weighted by Crippen LogP contribution is 2.26. The van der Waals surface area contributed by atoms with Crippen molar-refractivity contribution in [2.75, 3.05) is 18.1 Å². The Morgan fingerprint density at radius 1 is 1.44 bits per heavy atom. The molecule has 1 atom stereocenters. The van der Waals surface area contributed by atoms with Crippen LogP contribution in [0.2, 0.25) is 0 Å². The molecule has 5 heteroatoms. The molecule has 1 aromatic rings. The van der Waals surface area contributed by atoms with Crippen molar-refractivity contribution in [3.8, 4) is 0 Å². The second kappa shape index (κ2) is 4.92. The van der Waals surface area contributed by atoms with Gasteiger partial charge in [-0.05, 0) is 19.1 Å². The molecule has 0 heterocycles. The Labute approximate surface area is 92.3 Å². The number of aliphatic carboxylic acids is 1. The molecule has 0 bridgehead atoms. The Bertz CT molecular complexity index is 358. The molecule has 1 rings (SSSR count). The standard InChI is InChI=1S/C11H13F2NO2/c1-2-14(9-6-4-3-5-7-9)11(13,8-12)10(15)16/h3-7H,2,8H2,1H3,(H,15,16)/t11-/m0/s1. The molecule has 1 N–H and O–H groups in total. The SMILES string of the molecule is CCN(c1ccccc1)[C@@](F)(CF)C(=O)O. The third-order valence-electron chi connectivity index (χ3n) is 2.32. The fourth-order valence-electron chi connectivity index (χ4n) is 1.49. The average molecular weight is 229 g/mol. The van der Waals surface area contributed by atoms with Gasteiger partial charge in [0, 0.05) is 12.2 Å². The van der Waals surface area contributed by atoms with Crippen LogP contribution in [0.25, 0.3) is 0 Å². The van der Waals surface area contributed by atoms with Crippen molar-refractivity contribution >= 4 is 11.7 Å². The lowest BCUT2D eigenvalue weighted by molar-refractivity contribution is -0.152. The summed E-state index contributed by atoms with van der Waals surface area (Å²) in [6, 6.07) is 8.07. The lowest BCUT2D eigenvalue weighted by Gasteiger charge is -2.33. The number of benzene rings is 1. The molecule has 88 valence electrons. The fourth-order valence-corrected chi connectivity index (χ4v) is 1.49. The molecular formula is C11H13F2NO2. The maximum absolute atomic E-state index is 13.9. The number of likely N-dealkylation sites (N-methyl/N-ethyl adjacent to an activating group) is 1. The molecule has 0 aliphatic carbocycles. The largest absolute Gasteiger partial charge is 0.477 e. The van der Waals surface area contributed by atoms with Crippen molar-refractivity contribution < 1.29 is 18.7 Å². The van der Waals surface area contributed by atoms with E-state index in [1.54, 1.807) is 25.1 Å². The summed E-state index contributed by atoms with van der Waals surface area (Å²) in [5, 5.41) is 8.74. The Kier molecular flexibility index (Phi) is 3.82. The number of anilines is 1. The van der Waals surface area contributed by atoms with Crippen LogP contribution in [0.4, 0.5) is 14.5 Å². The molecular weight excluding hydrogens is 216 g/mol. The van der Waals surface area contributed by atoms with Gasteiger partial charge in [-0.3, -0.25) is 0 Å². The zero-order chi connectivity index (χ0) is 12.2. The smallest absolute Gasteiger partial charge is 0.365 e. The van der Waals surface area contributed by atoms with Gasteiger partial charge in [-0.15, -0.1) is 0 Å². The molecule has 0 saturated heterocycles. The molecule has 0 spiro atoms. The molecule has 0 amide bonds. The minimum absolute atomic E-state index is 0.0662. The van der Waals surface area contributed by atoms with Crippen LogP contribution in [-0.2, 0) is 4.79 Å². The van der Waals surface area contributed by atoms with Crippen molar-refractivity contribution in [1.82, 2.24) is 0 Å². The number of carboxylic acid groups (broad SMARTS) is 1. The fraction of sp³-hybridized carbons (Fsp3) is 0.364. The number of halogens is 2. The first-order valence-electron chi connectivity index (χ1n) is 4.87. The lowest BCUT2D eigenvalue weighted by atomic mass is 10.2. The van der Waals surface area contributed by atoms with Crippen LogP contribution in [0.3, 0.4) is 0 Å². The van der Waals surface area contributed by atoms with Gasteiger partial charge in [0.05, 0.1) is 0 Å². The molecule has 0 unspecified atom stereocenters. The van der Waals surface area contributed by atoms with Crippen LogP contribution in [0.15, 0.2) is 30.3 Å². The Hall–Kier alpha value is -1.65. The van der Waals surface area contributed by atoms with Gasteiger partial charge in [0.25, 0.3) is 0 Å². The summed E-state index contributed by atoms with van der Waals surface area (Å²) in [4.78, 5) is 11.7. The number of rotatable bonds is 5. The minimum Gasteiger partial charge on any atom is -0.477 e. The number of carbonyl (C=O) groups is 1. The zero-order valence-corrected chi connectivity index (χ0v) is 8.86.